The van der Waals surface area contributed by atoms with E-state index in [4.69, 9.17) is 10.5 Å². The van der Waals surface area contributed by atoms with Gasteiger partial charge in [-0.25, -0.2) is 4.39 Å². The van der Waals surface area contributed by atoms with Crippen molar-refractivity contribution in [3.8, 4) is 0 Å². The van der Waals surface area contributed by atoms with Crippen molar-refractivity contribution >= 4 is 5.69 Å². The molecule has 0 radical (unpaired) electrons. The zero-order chi connectivity index (χ0) is 12.3. The van der Waals surface area contributed by atoms with Crippen LogP contribution in [0.3, 0.4) is 0 Å². The summed E-state index contributed by atoms with van der Waals surface area (Å²) in [4.78, 5) is 2.06. The van der Waals surface area contributed by atoms with Crippen molar-refractivity contribution in [3.05, 3.63) is 29.6 Å². The zero-order valence-electron chi connectivity index (χ0n) is 10.2. The van der Waals surface area contributed by atoms with E-state index in [0.29, 0.717) is 25.4 Å². The Morgan fingerprint density at radius 2 is 2.35 bits per heavy atom. The van der Waals surface area contributed by atoms with Crippen LogP contribution < -0.4 is 10.6 Å². The molecule has 94 valence electrons. The molecular formula is C13H19FN2O. The highest BCUT2D eigenvalue weighted by Gasteiger charge is 2.21. The summed E-state index contributed by atoms with van der Waals surface area (Å²) in [6, 6.07) is 5.61. The van der Waals surface area contributed by atoms with Gasteiger partial charge in [-0.15, -0.1) is 0 Å². The lowest BCUT2D eigenvalue weighted by atomic mass is 10.1. The molecule has 4 heteroatoms. The summed E-state index contributed by atoms with van der Waals surface area (Å²) >= 11 is 0. The zero-order valence-corrected chi connectivity index (χ0v) is 10.2. The lowest BCUT2D eigenvalue weighted by molar-refractivity contribution is 0.0986. The lowest BCUT2D eigenvalue weighted by Gasteiger charge is -2.35. The van der Waals surface area contributed by atoms with Crippen molar-refractivity contribution in [2.24, 2.45) is 5.73 Å². The molecule has 1 aromatic rings. The number of benzene rings is 1. The molecule has 1 heterocycles. The second-order valence-corrected chi connectivity index (χ2v) is 4.44. The van der Waals surface area contributed by atoms with Gasteiger partial charge in [0.1, 0.15) is 5.82 Å². The average Bonchev–Trinajstić information content (AvgIpc) is 2.31. The minimum atomic E-state index is -0.162. The lowest BCUT2D eigenvalue weighted by Crippen LogP contribution is -2.44. The van der Waals surface area contributed by atoms with E-state index in [1.165, 1.54) is 0 Å². The van der Waals surface area contributed by atoms with Gasteiger partial charge in [0.25, 0.3) is 0 Å². The molecule has 1 saturated heterocycles. The van der Waals surface area contributed by atoms with Crippen LogP contribution in [0.25, 0.3) is 0 Å². The summed E-state index contributed by atoms with van der Waals surface area (Å²) in [5.41, 5.74) is 7.09. The Hall–Kier alpha value is -1.13. The van der Waals surface area contributed by atoms with Gasteiger partial charge < -0.3 is 15.4 Å². The number of halogens is 1. The van der Waals surface area contributed by atoms with Crippen molar-refractivity contribution in [1.82, 2.24) is 0 Å². The van der Waals surface area contributed by atoms with Crippen LogP contribution in [0.4, 0.5) is 10.1 Å². The van der Waals surface area contributed by atoms with Gasteiger partial charge in [-0.1, -0.05) is 6.07 Å². The number of rotatable bonds is 3. The predicted octanol–water partition coefficient (Wildman–Crippen LogP) is 1.55. The average molecular weight is 238 g/mol. The summed E-state index contributed by atoms with van der Waals surface area (Å²) < 4.78 is 19.4. The van der Waals surface area contributed by atoms with Gasteiger partial charge in [-0.05, 0) is 37.6 Å². The fourth-order valence-electron chi connectivity index (χ4n) is 2.19. The van der Waals surface area contributed by atoms with Crippen molar-refractivity contribution in [3.63, 3.8) is 0 Å². The Labute approximate surface area is 101 Å². The van der Waals surface area contributed by atoms with Crippen LogP contribution in [-0.2, 0) is 11.2 Å². The minimum Gasteiger partial charge on any atom is -0.377 e. The Morgan fingerprint density at radius 3 is 3.00 bits per heavy atom. The third-order valence-electron chi connectivity index (χ3n) is 3.12. The van der Waals surface area contributed by atoms with Crippen LogP contribution >= 0.6 is 0 Å². The highest BCUT2D eigenvalue weighted by Crippen LogP contribution is 2.24. The molecule has 1 atom stereocenters. The standard InChI is InChI=1S/C13H19FN2O/c1-10-9-17-7-6-16(10)13-3-2-11(4-5-15)8-12(13)14/h2-3,8,10H,4-7,9,15H2,1H3. The third kappa shape index (κ3) is 2.76. The van der Waals surface area contributed by atoms with E-state index in [0.717, 1.165) is 18.5 Å². The topological polar surface area (TPSA) is 38.5 Å². The van der Waals surface area contributed by atoms with Gasteiger partial charge in [0, 0.05) is 12.6 Å². The first-order chi connectivity index (χ1) is 8.22. The van der Waals surface area contributed by atoms with Gasteiger partial charge in [-0.3, -0.25) is 0 Å². The Kier molecular flexibility index (Phi) is 3.97. The fraction of sp³-hybridized carbons (Fsp3) is 0.538. The number of nitrogens with two attached hydrogens (primary N) is 1. The predicted molar refractivity (Wildman–Crippen MR) is 66.8 cm³/mol. The van der Waals surface area contributed by atoms with Crippen molar-refractivity contribution in [1.29, 1.82) is 0 Å². The first-order valence-corrected chi connectivity index (χ1v) is 6.05. The molecule has 2 N–H and O–H groups in total. The van der Waals surface area contributed by atoms with E-state index in [9.17, 15) is 4.39 Å². The van der Waals surface area contributed by atoms with E-state index >= 15 is 0 Å². The van der Waals surface area contributed by atoms with Crippen LogP contribution in [0.5, 0.6) is 0 Å². The third-order valence-corrected chi connectivity index (χ3v) is 3.12. The number of morpholine rings is 1. The fourth-order valence-corrected chi connectivity index (χ4v) is 2.19. The largest absolute Gasteiger partial charge is 0.377 e. The van der Waals surface area contributed by atoms with Crippen molar-refractivity contribution < 1.29 is 9.13 Å². The van der Waals surface area contributed by atoms with Crippen molar-refractivity contribution in [2.45, 2.75) is 19.4 Å². The molecule has 1 aliphatic heterocycles. The molecule has 0 saturated carbocycles. The summed E-state index contributed by atoms with van der Waals surface area (Å²) in [6.07, 6.45) is 0.718. The number of hydrogen-bond acceptors (Lipinski definition) is 3. The maximum Gasteiger partial charge on any atom is 0.146 e. The van der Waals surface area contributed by atoms with Crippen molar-refractivity contribution in [2.75, 3.05) is 31.2 Å². The van der Waals surface area contributed by atoms with E-state index in [1.54, 1.807) is 6.07 Å². The molecule has 2 rings (SSSR count). The molecule has 0 aliphatic carbocycles. The van der Waals surface area contributed by atoms with E-state index in [-0.39, 0.29) is 11.9 Å². The molecule has 0 amide bonds. The van der Waals surface area contributed by atoms with Crippen LogP contribution in [-0.4, -0.2) is 32.3 Å². The van der Waals surface area contributed by atoms with Crippen LogP contribution in [0, 0.1) is 5.82 Å². The second-order valence-electron chi connectivity index (χ2n) is 4.44. The van der Waals surface area contributed by atoms with Gasteiger partial charge in [0.05, 0.1) is 18.9 Å². The Morgan fingerprint density at radius 1 is 1.53 bits per heavy atom. The molecule has 1 fully saturated rings. The normalized spacial score (nSPS) is 20.6. The highest BCUT2D eigenvalue weighted by atomic mass is 19.1. The maximum atomic E-state index is 14.0. The highest BCUT2D eigenvalue weighted by molar-refractivity contribution is 5.50. The molecule has 17 heavy (non-hydrogen) atoms. The number of hydrogen-bond donors (Lipinski definition) is 1. The van der Waals surface area contributed by atoms with E-state index in [1.807, 2.05) is 19.1 Å². The van der Waals surface area contributed by atoms with E-state index < -0.39 is 0 Å². The van der Waals surface area contributed by atoms with Gasteiger partial charge >= 0.3 is 0 Å². The summed E-state index contributed by atoms with van der Waals surface area (Å²) in [7, 11) is 0. The summed E-state index contributed by atoms with van der Waals surface area (Å²) in [5, 5.41) is 0. The Bertz CT molecular complexity index is 384. The first-order valence-electron chi connectivity index (χ1n) is 6.05. The summed E-state index contributed by atoms with van der Waals surface area (Å²) in [6.45, 7) is 4.66. The molecule has 0 aromatic heterocycles. The monoisotopic (exact) mass is 238 g/mol. The van der Waals surface area contributed by atoms with Crippen LogP contribution in [0.1, 0.15) is 12.5 Å². The number of ether oxygens (including phenoxy) is 1. The Balaban J connectivity index is 2.20. The molecular weight excluding hydrogens is 219 g/mol. The molecule has 0 bridgehead atoms. The first kappa shape index (κ1) is 12.3. The van der Waals surface area contributed by atoms with E-state index in [2.05, 4.69) is 4.90 Å². The minimum absolute atomic E-state index is 0.162. The molecule has 1 aliphatic rings. The molecule has 3 nitrogen and oxygen atoms in total. The summed E-state index contributed by atoms with van der Waals surface area (Å²) in [5.74, 6) is -0.162. The van der Waals surface area contributed by atoms with Gasteiger partial charge in [0.15, 0.2) is 0 Å². The molecule has 0 spiro atoms. The van der Waals surface area contributed by atoms with Gasteiger partial charge in [0.2, 0.25) is 0 Å². The SMILES string of the molecule is CC1COCCN1c1ccc(CCN)cc1F. The number of anilines is 1. The van der Waals surface area contributed by atoms with Crippen LogP contribution in [0.15, 0.2) is 18.2 Å². The number of nitrogens with zero attached hydrogens (tertiary/aromatic N) is 1. The van der Waals surface area contributed by atoms with Crippen LogP contribution in [0.2, 0.25) is 0 Å². The molecule has 1 unspecified atom stereocenters. The maximum absolute atomic E-state index is 14.0. The second kappa shape index (κ2) is 5.47. The molecule has 1 aromatic carbocycles. The van der Waals surface area contributed by atoms with Gasteiger partial charge in [-0.2, -0.15) is 0 Å². The quantitative estimate of drug-likeness (QED) is 0.868. The smallest absolute Gasteiger partial charge is 0.146 e.